The highest BCUT2D eigenvalue weighted by molar-refractivity contribution is 7.91. The molecule has 2 aliphatic rings. The van der Waals surface area contributed by atoms with Crippen LogP contribution in [0, 0.1) is 11.6 Å². The SMILES string of the molecule is CNC(=O)[C@H]1CN(c2cc(F)c(N3CC[S+]([O-])CC3)c(F)c2)C(=O)O1. The number of cyclic esters (lactones) is 1. The largest absolute Gasteiger partial charge is 0.616 e. The first-order chi connectivity index (χ1) is 11.9. The summed E-state index contributed by atoms with van der Waals surface area (Å²) in [4.78, 5) is 26.0. The molecular weight excluding hydrogens is 356 g/mol. The number of hydrogen-bond donors (Lipinski definition) is 1. The molecule has 0 aliphatic carbocycles. The molecule has 0 aromatic heterocycles. The van der Waals surface area contributed by atoms with Crippen molar-refractivity contribution in [1.29, 1.82) is 0 Å². The van der Waals surface area contributed by atoms with Gasteiger partial charge in [-0.3, -0.25) is 9.69 Å². The van der Waals surface area contributed by atoms with E-state index >= 15 is 0 Å². The van der Waals surface area contributed by atoms with Crippen LogP contribution in [0.1, 0.15) is 0 Å². The average molecular weight is 373 g/mol. The van der Waals surface area contributed by atoms with E-state index in [0.29, 0.717) is 24.6 Å². The van der Waals surface area contributed by atoms with E-state index in [2.05, 4.69) is 5.32 Å². The Morgan fingerprint density at radius 2 is 1.92 bits per heavy atom. The molecule has 1 N–H and O–H groups in total. The van der Waals surface area contributed by atoms with Crippen LogP contribution in [0.3, 0.4) is 0 Å². The van der Waals surface area contributed by atoms with Crippen molar-refractivity contribution in [2.75, 3.05) is 48.0 Å². The summed E-state index contributed by atoms with van der Waals surface area (Å²) in [6, 6.07) is 2.08. The number of rotatable bonds is 3. The van der Waals surface area contributed by atoms with Gasteiger partial charge in [-0.05, 0) is 0 Å². The van der Waals surface area contributed by atoms with Crippen molar-refractivity contribution in [3.63, 3.8) is 0 Å². The Hall–Kier alpha value is -2.07. The number of nitrogens with zero attached hydrogens (tertiary/aromatic N) is 2. The standard InChI is InChI=1S/C15H17F2N3O4S/c1-18-14(21)12-8-20(15(22)24-12)9-6-10(16)13(11(17)7-9)19-2-4-25(23)5-3-19/h6-7,12H,2-5,8H2,1H3,(H,18,21)/t12-/m1/s1. The van der Waals surface area contributed by atoms with Crippen LogP contribution in [0.5, 0.6) is 0 Å². The maximum Gasteiger partial charge on any atom is 0.415 e. The van der Waals surface area contributed by atoms with E-state index in [1.165, 1.54) is 11.9 Å². The summed E-state index contributed by atoms with van der Waals surface area (Å²) in [6.07, 6.45) is -1.87. The molecule has 136 valence electrons. The van der Waals surface area contributed by atoms with Gasteiger partial charge in [-0.2, -0.15) is 0 Å². The molecule has 2 amide bonds. The number of hydrogen-bond acceptors (Lipinski definition) is 5. The number of carbonyl (C=O) groups excluding carboxylic acids is 2. The minimum absolute atomic E-state index is 0.0178. The lowest BCUT2D eigenvalue weighted by atomic mass is 10.2. The molecule has 1 aromatic carbocycles. The number of anilines is 2. The Morgan fingerprint density at radius 1 is 1.32 bits per heavy atom. The van der Waals surface area contributed by atoms with Crippen molar-refractivity contribution in [2.45, 2.75) is 6.10 Å². The Kier molecular flexibility index (Phi) is 5.00. The zero-order chi connectivity index (χ0) is 18.1. The van der Waals surface area contributed by atoms with Gasteiger partial charge < -0.3 is 19.5 Å². The molecule has 1 atom stereocenters. The molecule has 10 heteroatoms. The van der Waals surface area contributed by atoms with Crippen molar-refractivity contribution in [3.8, 4) is 0 Å². The predicted molar refractivity (Wildman–Crippen MR) is 88.1 cm³/mol. The lowest BCUT2D eigenvalue weighted by Crippen LogP contribution is -2.41. The number of benzene rings is 1. The summed E-state index contributed by atoms with van der Waals surface area (Å²) in [6.45, 7) is 0.466. The van der Waals surface area contributed by atoms with Gasteiger partial charge in [0.15, 0.2) is 17.7 Å². The van der Waals surface area contributed by atoms with Crippen LogP contribution in [0.15, 0.2) is 12.1 Å². The average Bonchev–Trinajstić information content (AvgIpc) is 2.97. The fourth-order valence-corrected chi connectivity index (χ4v) is 3.89. The Labute approximate surface area is 146 Å². The first kappa shape index (κ1) is 17.7. The topological polar surface area (TPSA) is 84.9 Å². The van der Waals surface area contributed by atoms with Gasteiger partial charge in [0.1, 0.15) is 17.2 Å². The highest BCUT2D eigenvalue weighted by Crippen LogP contribution is 2.31. The third-order valence-electron chi connectivity index (χ3n) is 4.16. The van der Waals surface area contributed by atoms with Gasteiger partial charge in [0, 0.05) is 19.2 Å². The van der Waals surface area contributed by atoms with E-state index in [4.69, 9.17) is 4.74 Å². The molecule has 0 spiro atoms. The summed E-state index contributed by atoms with van der Waals surface area (Å²) in [5.41, 5.74) is -0.216. The van der Waals surface area contributed by atoms with Gasteiger partial charge >= 0.3 is 6.09 Å². The fourth-order valence-electron chi connectivity index (χ4n) is 2.84. The molecule has 0 unspecified atom stereocenters. The molecule has 3 rings (SSSR count). The van der Waals surface area contributed by atoms with Crippen molar-refractivity contribution >= 4 is 34.6 Å². The number of amides is 2. The summed E-state index contributed by atoms with van der Waals surface area (Å²) in [5, 5.41) is 2.36. The van der Waals surface area contributed by atoms with Gasteiger partial charge in [0.25, 0.3) is 5.91 Å². The van der Waals surface area contributed by atoms with Crippen LogP contribution in [-0.4, -0.2) is 60.8 Å². The second-order valence-corrected chi connectivity index (χ2v) is 7.39. The summed E-state index contributed by atoms with van der Waals surface area (Å²) >= 11 is -0.962. The van der Waals surface area contributed by atoms with E-state index in [1.54, 1.807) is 0 Å². The Balaban J connectivity index is 1.83. The number of ether oxygens (including phenoxy) is 1. The lowest BCUT2D eigenvalue weighted by molar-refractivity contribution is -0.127. The zero-order valence-corrected chi connectivity index (χ0v) is 14.3. The number of nitrogens with one attached hydrogen (secondary N) is 1. The van der Waals surface area contributed by atoms with E-state index < -0.39 is 40.9 Å². The number of carbonyl (C=O) groups is 2. The van der Waals surface area contributed by atoms with Crippen molar-refractivity contribution in [3.05, 3.63) is 23.8 Å². The van der Waals surface area contributed by atoms with Crippen LogP contribution in [0.4, 0.5) is 25.0 Å². The van der Waals surface area contributed by atoms with E-state index in [-0.39, 0.29) is 17.9 Å². The minimum Gasteiger partial charge on any atom is -0.616 e. The summed E-state index contributed by atoms with van der Waals surface area (Å²) < 4.78 is 45.3. The van der Waals surface area contributed by atoms with E-state index in [0.717, 1.165) is 17.0 Å². The first-order valence-electron chi connectivity index (χ1n) is 7.69. The van der Waals surface area contributed by atoms with Crippen LogP contribution in [0.2, 0.25) is 0 Å². The molecule has 25 heavy (non-hydrogen) atoms. The molecule has 0 bridgehead atoms. The zero-order valence-electron chi connectivity index (χ0n) is 13.5. The third-order valence-corrected chi connectivity index (χ3v) is 5.43. The van der Waals surface area contributed by atoms with Gasteiger partial charge in [0.05, 0.1) is 25.3 Å². The molecule has 0 saturated carbocycles. The van der Waals surface area contributed by atoms with Crippen molar-refractivity contribution < 1.29 is 27.7 Å². The molecule has 2 aliphatic heterocycles. The highest BCUT2D eigenvalue weighted by atomic mass is 32.2. The minimum atomic E-state index is -1.03. The number of likely N-dealkylation sites (N-methyl/N-ethyl adjacent to an activating group) is 1. The predicted octanol–water partition coefficient (Wildman–Crippen LogP) is 0.605. The normalized spacial score (nSPS) is 21.4. The lowest BCUT2D eigenvalue weighted by Gasteiger charge is -2.30. The number of halogens is 2. The molecule has 2 saturated heterocycles. The van der Waals surface area contributed by atoms with Crippen molar-refractivity contribution in [2.24, 2.45) is 0 Å². The quantitative estimate of drug-likeness (QED) is 0.785. The summed E-state index contributed by atoms with van der Waals surface area (Å²) in [7, 11) is 1.40. The molecule has 2 fully saturated rings. The molecule has 0 radical (unpaired) electrons. The Morgan fingerprint density at radius 3 is 2.48 bits per heavy atom. The van der Waals surface area contributed by atoms with Crippen LogP contribution in [0.25, 0.3) is 0 Å². The maximum absolute atomic E-state index is 14.5. The van der Waals surface area contributed by atoms with E-state index in [1.807, 2.05) is 0 Å². The van der Waals surface area contributed by atoms with Gasteiger partial charge in [0.2, 0.25) is 0 Å². The van der Waals surface area contributed by atoms with Gasteiger partial charge in [-0.15, -0.1) is 0 Å². The Bertz CT molecular complexity index is 674. The monoisotopic (exact) mass is 373 g/mol. The second kappa shape index (κ2) is 7.04. The van der Waals surface area contributed by atoms with Gasteiger partial charge in [-0.25, -0.2) is 13.6 Å². The van der Waals surface area contributed by atoms with Crippen LogP contribution in [-0.2, 0) is 20.7 Å². The fraction of sp³-hybridized carbons (Fsp3) is 0.467. The highest BCUT2D eigenvalue weighted by Gasteiger charge is 2.37. The van der Waals surface area contributed by atoms with Crippen LogP contribution < -0.4 is 15.1 Å². The van der Waals surface area contributed by atoms with Gasteiger partial charge in [-0.1, -0.05) is 11.2 Å². The first-order valence-corrected chi connectivity index (χ1v) is 9.18. The molecule has 2 heterocycles. The van der Waals surface area contributed by atoms with E-state index in [9.17, 15) is 22.9 Å². The van der Waals surface area contributed by atoms with Crippen molar-refractivity contribution in [1.82, 2.24) is 5.32 Å². The molecule has 7 nitrogen and oxygen atoms in total. The third kappa shape index (κ3) is 3.49. The maximum atomic E-state index is 14.5. The van der Waals surface area contributed by atoms with Crippen LogP contribution >= 0.6 is 0 Å². The smallest absolute Gasteiger partial charge is 0.415 e. The molecule has 1 aromatic rings. The second-order valence-electron chi connectivity index (χ2n) is 5.69. The molecular formula is C15H17F2N3O4S. The summed E-state index contributed by atoms with van der Waals surface area (Å²) in [5.74, 6) is -1.42.